The minimum absolute atomic E-state index is 0. The molecule has 0 aromatic heterocycles. The molecule has 3 aliphatic heterocycles. The first-order valence-corrected chi connectivity index (χ1v) is 24.2. The Hall–Kier alpha value is -0.980. The zero-order chi connectivity index (χ0) is 39.2. The fourth-order valence-electron chi connectivity index (χ4n) is 5.28. The van der Waals surface area contributed by atoms with Crippen molar-refractivity contribution in [3.05, 3.63) is 58.7 Å². The molecule has 26 nitrogen and oxygen atoms in total. The van der Waals surface area contributed by atoms with Gasteiger partial charge in [0, 0.05) is 11.1 Å². The highest BCUT2D eigenvalue weighted by Gasteiger charge is 2.36. The number of piperazine rings is 2. The van der Waals surface area contributed by atoms with Crippen LogP contribution in [-0.2, 0) is 64.2 Å². The van der Waals surface area contributed by atoms with Crippen molar-refractivity contribution in [2.24, 2.45) is 0 Å². The fourth-order valence-corrected chi connectivity index (χ4v) is 13.5. The Morgan fingerprint density at radius 3 is 0.893 bits per heavy atom. The van der Waals surface area contributed by atoms with E-state index in [2.05, 4.69) is 101 Å². The van der Waals surface area contributed by atoms with Gasteiger partial charge in [0.25, 0.3) is 46.9 Å². The first kappa shape index (κ1) is 57.1. The molecule has 3 heterocycles. The van der Waals surface area contributed by atoms with Crippen LogP contribution in [0.5, 0.6) is 0 Å². The molecule has 0 radical (unpaired) electrons. The lowest BCUT2D eigenvalue weighted by Crippen LogP contribution is -3.17. The summed E-state index contributed by atoms with van der Waals surface area (Å²) >= 11 is 0. The summed E-state index contributed by atoms with van der Waals surface area (Å²) in [7, 11) is -39.3. The highest BCUT2D eigenvalue weighted by atomic mass is 31.3. The molecule has 3 aliphatic rings. The summed E-state index contributed by atoms with van der Waals surface area (Å²) in [5.74, 6) is 0. The van der Waals surface area contributed by atoms with Crippen molar-refractivity contribution < 1.29 is 125 Å². The van der Waals surface area contributed by atoms with E-state index in [1.165, 1.54) is 86.0 Å². The van der Waals surface area contributed by atoms with Gasteiger partial charge in [-0.25, -0.2) is 25.9 Å². The van der Waals surface area contributed by atoms with Crippen LogP contribution in [0.3, 0.4) is 0 Å². The second kappa shape index (κ2) is 23.1. The highest BCUT2D eigenvalue weighted by molar-refractivity contribution is 7.73. The Labute approximate surface area is 321 Å². The van der Waals surface area contributed by atoms with Crippen LogP contribution in [0, 0.1) is 27.7 Å². The average Bonchev–Trinajstić information content (AvgIpc) is 2.97. The molecule has 0 bridgehead atoms. The normalized spacial score (nSPS) is 32.9. The molecular weight excluding hydrogens is 882 g/mol. The molecule has 3 fully saturated rings. The van der Waals surface area contributed by atoms with E-state index in [1.807, 2.05) is 0 Å². The molecule has 3 saturated heterocycles. The van der Waals surface area contributed by atoms with Crippen LogP contribution < -0.4 is 49.8 Å². The smallest absolute Gasteiger partial charge is 0.280 e. The molecular formula is C24H50N4O22P6. The minimum Gasteiger partial charge on any atom is -0.756 e. The monoisotopic (exact) mass is 932 g/mol. The van der Waals surface area contributed by atoms with Crippen molar-refractivity contribution in [3.8, 4) is 0 Å². The van der Waals surface area contributed by atoms with Crippen molar-refractivity contribution in [1.82, 2.24) is 0 Å². The van der Waals surface area contributed by atoms with Crippen molar-refractivity contribution in [1.29, 1.82) is 0 Å². The van der Waals surface area contributed by atoms with Gasteiger partial charge in [-0.3, -0.25) is 37.2 Å². The molecule has 328 valence electrons. The Balaban J connectivity index is 0. The second-order valence-electron chi connectivity index (χ2n) is 11.6. The van der Waals surface area contributed by atoms with Gasteiger partial charge in [-0.1, -0.05) is 24.3 Å². The average molecular weight is 933 g/mol. The molecule has 56 heavy (non-hydrogen) atoms. The van der Waals surface area contributed by atoms with E-state index in [1.54, 1.807) is 9.80 Å². The van der Waals surface area contributed by atoms with E-state index < -0.39 is 46.9 Å². The molecule has 5 rings (SSSR count). The van der Waals surface area contributed by atoms with Crippen molar-refractivity contribution in [3.63, 3.8) is 0 Å². The lowest BCUT2D eigenvalue weighted by molar-refractivity contribution is -0.895. The largest absolute Gasteiger partial charge is 0.756 e. The number of nitrogens with one attached hydrogen (secondary N) is 2. The Morgan fingerprint density at radius 1 is 0.464 bits per heavy atom. The van der Waals surface area contributed by atoms with Crippen LogP contribution in [0.15, 0.2) is 36.4 Å². The number of hydrogen-bond acceptors (Lipinski definition) is 18. The SMILES string of the molecule is Cc1cccc([NH+]2CC[NH2+]CC2)c1C.Cc1cccc([NH+]2CC[NH2+]CC2)c1C.O.O.O=P1([O-])OP(=O)([O-])OP(=O)([O-])OP(=O)([O-])OP(=O)([O-])OP(=O)([O-])O1.[OH3+].[OH3+]. The van der Waals surface area contributed by atoms with Crippen molar-refractivity contribution in [2.75, 3.05) is 52.4 Å². The standard InChI is InChI=1S/2C12H18N2.H6O18P6.4H2O/c2*1-10-4-3-5-12(11(10)2)14-8-6-13-7-9-14;1-19(2)13-20(3,4)15-22(7,8)17-24(11,12)18-23(9,10)16-21(5,6)14-19;;;;/h2*3-5,13H,6-9H2,1-2H3;(H,1,2)(H,3,4)(H,5,6)(H,7,8)(H,9,10)(H,11,12);4*1H2. The van der Waals surface area contributed by atoms with E-state index in [9.17, 15) is 56.8 Å². The van der Waals surface area contributed by atoms with Crippen LogP contribution >= 0.6 is 46.9 Å². The van der Waals surface area contributed by atoms with E-state index in [0.29, 0.717) is 0 Å². The quantitative estimate of drug-likeness (QED) is 0.160. The zero-order valence-electron chi connectivity index (χ0n) is 30.5. The predicted octanol–water partition coefficient (Wildman–Crippen LogP) is -7.79. The lowest BCUT2D eigenvalue weighted by atomic mass is 10.1. The van der Waals surface area contributed by atoms with Gasteiger partial charge < -0.3 is 61.9 Å². The molecule has 2 aromatic rings. The molecule has 0 atom stereocenters. The molecule has 0 aliphatic carbocycles. The number of hydrogen-bond donors (Lipinski definition) is 4. The van der Waals surface area contributed by atoms with Gasteiger partial charge in [0.05, 0.1) is 0 Å². The summed E-state index contributed by atoms with van der Waals surface area (Å²) in [5, 5.41) is 4.82. The predicted molar refractivity (Wildman–Crippen MR) is 185 cm³/mol. The number of benzene rings is 2. The maximum atomic E-state index is 11.0. The number of phosphoric acid groups is 6. The molecule has 0 amide bonds. The van der Waals surface area contributed by atoms with E-state index >= 15 is 0 Å². The Kier molecular flexibility index (Phi) is 23.6. The third-order valence-corrected chi connectivity index (χ3v) is 17.4. The van der Waals surface area contributed by atoms with Crippen LogP contribution in [0.4, 0.5) is 11.4 Å². The minimum atomic E-state index is -6.56. The van der Waals surface area contributed by atoms with E-state index in [4.69, 9.17) is 0 Å². The summed E-state index contributed by atoms with van der Waals surface area (Å²) < 4.78 is 83.4. The molecule has 2 aromatic carbocycles. The van der Waals surface area contributed by atoms with Gasteiger partial charge in [0.15, 0.2) is 0 Å². The Bertz CT molecular complexity index is 1590. The van der Waals surface area contributed by atoms with Crippen LogP contribution in [0.1, 0.15) is 22.3 Å². The van der Waals surface area contributed by atoms with Gasteiger partial charge in [-0.2, -0.15) is 0 Å². The number of rotatable bonds is 2. The molecule has 16 N–H and O–H groups in total. The maximum Gasteiger partial charge on any atom is 0.280 e. The van der Waals surface area contributed by atoms with Gasteiger partial charge in [-0.15, -0.1) is 0 Å². The summed E-state index contributed by atoms with van der Waals surface area (Å²) in [4.78, 5) is 69.1. The summed E-state index contributed by atoms with van der Waals surface area (Å²) in [5.41, 5.74) is 8.82. The molecule has 0 unspecified atom stereocenters. The second-order valence-corrected chi connectivity index (χ2v) is 20.9. The van der Waals surface area contributed by atoms with Crippen molar-refractivity contribution in [2.45, 2.75) is 27.7 Å². The highest BCUT2D eigenvalue weighted by Crippen LogP contribution is 2.74. The van der Waals surface area contributed by atoms with Crippen LogP contribution in [0.2, 0.25) is 0 Å². The topological polar surface area (TPSA) is 467 Å². The van der Waals surface area contributed by atoms with Crippen LogP contribution in [-0.4, -0.2) is 63.3 Å². The lowest BCUT2D eigenvalue weighted by Gasteiger charge is -2.41. The fraction of sp³-hybridized carbons (Fsp3) is 0.500. The van der Waals surface area contributed by atoms with Gasteiger partial charge >= 0.3 is 0 Å². The first-order chi connectivity index (χ1) is 23.8. The molecule has 0 spiro atoms. The summed E-state index contributed by atoms with van der Waals surface area (Å²) in [6, 6.07) is 13.3. The third-order valence-electron chi connectivity index (χ3n) is 7.77. The maximum absolute atomic E-state index is 11.0. The summed E-state index contributed by atoms with van der Waals surface area (Å²) in [6.07, 6.45) is 0. The zero-order valence-corrected chi connectivity index (χ0v) is 35.8. The van der Waals surface area contributed by atoms with Crippen LogP contribution in [0.25, 0.3) is 0 Å². The number of aryl methyl sites for hydroxylation is 2. The third kappa shape index (κ3) is 18.9. The number of nitrogens with two attached hydrogens (primary N) is 2. The number of quaternary nitrogens is 4. The molecule has 32 heteroatoms. The van der Waals surface area contributed by atoms with Gasteiger partial charge in [0.1, 0.15) is 63.7 Å². The molecule has 0 saturated carbocycles. The summed E-state index contributed by atoms with van der Waals surface area (Å²) in [6.45, 7) is 19.0. The van der Waals surface area contributed by atoms with Crippen molar-refractivity contribution >= 4 is 58.3 Å². The van der Waals surface area contributed by atoms with Gasteiger partial charge in [-0.05, 0) is 51.0 Å². The van der Waals surface area contributed by atoms with E-state index in [-0.39, 0.29) is 21.9 Å². The van der Waals surface area contributed by atoms with E-state index in [0.717, 1.165) is 0 Å². The first-order valence-electron chi connectivity index (χ1n) is 15.4. The van der Waals surface area contributed by atoms with Gasteiger partial charge in [0.2, 0.25) is 0 Å². The Morgan fingerprint density at radius 2 is 0.679 bits per heavy atom.